The topological polar surface area (TPSA) is 93.7 Å². The number of ether oxygens (including phenoxy) is 2. The van der Waals surface area contributed by atoms with Crippen molar-refractivity contribution >= 4 is 23.5 Å². The lowest BCUT2D eigenvalue weighted by Gasteiger charge is -2.20. The molecule has 4 rings (SSSR count). The van der Waals surface area contributed by atoms with Crippen molar-refractivity contribution in [1.82, 2.24) is 5.32 Å². The van der Waals surface area contributed by atoms with Crippen molar-refractivity contribution in [2.24, 2.45) is 0 Å². The number of hydrogen-bond acceptors (Lipinski definition) is 5. The highest BCUT2D eigenvalue weighted by molar-refractivity contribution is 5.94. The molecule has 7 nitrogen and oxygen atoms in total. The number of amides is 2. The Morgan fingerprint density at radius 2 is 1.78 bits per heavy atom. The van der Waals surface area contributed by atoms with Crippen LogP contribution in [0.4, 0.5) is 5.69 Å². The quantitative estimate of drug-likeness (QED) is 0.650. The van der Waals surface area contributed by atoms with Crippen LogP contribution in [-0.4, -0.2) is 31.0 Å². The first-order valence-corrected chi connectivity index (χ1v) is 11.1. The van der Waals surface area contributed by atoms with Gasteiger partial charge in [-0.05, 0) is 79.5 Å². The van der Waals surface area contributed by atoms with Gasteiger partial charge in [0.25, 0.3) is 5.91 Å². The molecule has 2 N–H and O–H groups in total. The molecule has 0 fully saturated rings. The second-order valence-electron chi connectivity index (χ2n) is 8.34. The molecule has 0 spiro atoms. The molecule has 2 aliphatic rings. The zero-order chi connectivity index (χ0) is 22.5. The molecule has 7 heteroatoms. The molecule has 1 unspecified atom stereocenters. The van der Waals surface area contributed by atoms with Crippen LogP contribution in [0.1, 0.15) is 54.5 Å². The molecule has 1 heterocycles. The van der Waals surface area contributed by atoms with Crippen LogP contribution in [0.15, 0.2) is 36.4 Å². The van der Waals surface area contributed by atoms with Crippen molar-refractivity contribution < 1.29 is 23.9 Å². The molecule has 0 aromatic heterocycles. The van der Waals surface area contributed by atoms with Crippen LogP contribution >= 0.6 is 0 Å². The summed E-state index contributed by atoms with van der Waals surface area (Å²) in [6, 6.07) is 11.4. The summed E-state index contributed by atoms with van der Waals surface area (Å²) in [7, 11) is 0. The molecule has 1 aliphatic carbocycles. The summed E-state index contributed by atoms with van der Waals surface area (Å²) < 4.78 is 10.5. The van der Waals surface area contributed by atoms with Gasteiger partial charge >= 0.3 is 5.97 Å². The van der Waals surface area contributed by atoms with E-state index in [0.717, 1.165) is 29.7 Å². The van der Waals surface area contributed by atoms with Crippen molar-refractivity contribution in [2.45, 2.75) is 51.5 Å². The highest BCUT2D eigenvalue weighted by Crippen LogP contribution is 2.27. The van der Waals surface area contributed by atoms with Gasteiger partial charge in [-0.2, -0.15) is 0 Å². The van der Waals surface area contributed by atoms with Crippen molar-refractivity contribution in [2.75, 3.05) is 18.5 Å². The molecule has 32 heavy (non-hydrogen) atoms. The van der Waals surface area contributed by atoms with Gasteiger partial charge in [-0.3, -0.25) is 9.59 Å². The predicted molar refractivity (Wildman–Crippen MR) is 119 cm³/mol. The lowest BCUT2D eigenvalue weighted by molar-refractivity contribution is -0.150. The van der Waals surface area contributed by atoms with Crippen molar-refractivity contribution in [1.29, 1.82) is 0 Å². The molecule has 1 atom stereocenters. The highest BCUT2D eigenvalue weighted by Gasteiger charge is 2.17. The van der Waals surface area contributed by atoms with E-state index in [2.05, 4.69) is 28.8 Å². The monoisotopic (exact) mass is 436 g/mol. The number of aryl methyl sites for hydroxylation is 3. The van der Waals surface area contributed by atoms with E-state index < -0.39 is 5.97 Å². The Kier molecular flexibility index (Phi) is 6.73. The fourth-order valence-corrected chi connectivity index (χ4v) is 4.17. The average molecular weight is 437 g/mol. The lowest BCUT2D eigenvalue weighted by Crippen LogP contribution is -2.32. The van der Waals surface area contributed by atoms with Gasteiger partial charge in [-0.1, -0.05) is 18.2 Å². The highest BCUT2D eigenvalue weighted by atomic mass is 16.6. The van der Waals surface area contributed by atoms with Crippen LogP contribution in [0.5, 0.6) is 5.75 Å². The fourth-order valence-electron chi connectivity index (χ4n) is 4.17. The van der Waals surface area contributed by atoms with Gasteiger partial charge in [0.2, 0.25) is 5.91 Å². The van der Waals surface area contributed by atoms with Gasteiger partial charge in [-0.15, -0.1) is 0 Å². The number of hydrogen-bond donors (Lipinski definition) is 2. The number of carbonyl (C=O) groups excluding carboxylic acids is 3. The van der Waals surface area contributed by atoms with Gasteiger partial charge in [0.05, 0.1) is 6.04 Å². The van der Waals surface area contributed by atoms with E-state index in [1.54, 1.807) is 18.2 Å². The minimum Gasteiger partial charge on any atom is -0.482 e. The first-order chi connectivity index (χ1) is 15.5. The second-order valence-corrected chi connectivity index (χ2v) is 8.34. The number of nitrogens with one attached hydrogen (secondary N) is 2. The van der Waals surface area contributed by atoms with Crippen molar-refractivity contribution in [3.05, 3.63) is 58.7 Å². The smallest absolute Gasteiger partial charge is 0.344 e. The van der Waals surface area contributed by atoms with Gasteiger partial charge in [0.15, 0.2) is 13.2 Å². The third-order valence-electron chi connectivity index (χ3n) is 5.94. The Balaban J connectivity index is 1.21. The van der Waals surface area contributed by atoms with E-state index in [4.69, 9.17) is 9.47 Å². The summed E-state index contributed by atoms with van der Waals surface area (Å²) in [4.78, 5) is 35.6. The number of anilines is 1. The van der Waals surface area contributed by atoms with E-state index in [0.29, 0.717) is 18.6 Å². The first kappa shape index (κ1) is 21.9. The molecule has 168 valence electrons. The van der Waals surface area contributed by atoms with Crippen LogP contribution in [0.3, 0.4) is 0 Å². The van der Waals surface area contributed by atoms with Gasteiger partial charge < -0.3 is 20.1 Å². The van der Waals surface area contributed by atoms with E-state index in [1.165, 1.54) is 24.0 Å². The standard InChI is InChI=1S/C25H28N2O5/c1-16(18-7-6-17-4-2-3-5-19(17)12-18)26-24(29)14-32-25(30)15-31-21-9-10-22-20(13-21)8-11-23(28)27-22/h6-7,9-10,12-13,16H,2-5,8,11,14-15H2,1H3,(H,26,29)(H,27,28). The fraction of sp³-hybridized carbons (Fsp3) is 0.400. The van der Waals surface area contributed by atoms with Crippen molar-refractivity contribution in [3.8, 4) is 5.75 Å². The van der Waals surface area contributed by atoms with Crippen LogP contribution < -0.4 is 15.4 Å². The number of carbonyl (C=O) groups is 3. The zero-order valence-corrected chi connectivity index (χ0v) is 18.2. The van der Waals surface area contributed by atoms with E-state index in [1.807, 2.05) is 6.92 Å². The molecule has 0 bridgehead atoms. The normalized spacial score (nSPS) is 15.6. The Hall–Kier alpha value is -3.35. The van der Waals surface area contributed by atoms with Crippen molar-refractivity contribution in [3.63, 3.8) is 0 Å². The summed E-state index contributed by atoms with van der Waals surface area (Å²) >= 11 is 0. The van der Waals surface area contributed by atoms with E-state index >= 15 is 0 Å². The van der Waals surface area contributed by atoms with Gasteiger partial charge in [-0.25, -0.2) is 4.79 Å². The van der Waals surface area contributed by atoms with E-state index in [9.17, 15) is 14.4 Å². The molecule has 2 aromatic carbocycles. The van der Waals surface area contributed by atoms with Gasteiger partial charge in [0.1, 0.15) is 5.75 Å². The number of benzene rings is 2. The first-order valence-electron chi connectivity index (χ1n) is 11.1. The molecule has 0 saturated carbocycles. The maximum absolute atomic E-state index is 12.2. The maximum Gasteiger partial charge on any atom is 0.344 e. The number of esters is 1. The largest absolute Gasteiger partial charge is 0.482 e. The Bertz CT molecular complexity index is 1030. The minimum atomic E-state index is -0.618. The van der Waals surface area contributed by atoms with Crippen LogP contribution in [-0.2, 0) is 38.4 Å². The summed E-state index contributed by atoms with van der Waals surface area (Å²) in [5.74, 6) is -0.461. The molecular formula is C25H28N2O5. The maximum atomic E-state index is 12.2. The Morgan fingerprint density at radius 1 is 0.969 bits per heavy atom. The predicted octanol–water partition coefficient (Wildman–Crippen LogP) is 3.25. The summed E-state index contributed by atoms with van der Waals surface area (Å²) in [6.45, 7) is 1.28. The molecule has 0 saturated heterocycles. The number of rotatable bonds is 7. The van der Waals surface area contributed by atoms with Crippen LogP contribution in [0.2, 0.25) is 0 Å². The third kappa shape index (κ3) is 5.46. The van der Waals surface area contributed by atoms with Crippen LogP contribution in [0.25, 0.3) is 0 Å². The lowest BCUT2D eigenvalue weighted by atomic mass is 9.89. The van der Waals surface area contributed by atoms with Crippen LogP contribution in [0, 0.1) is 0 Å². The Morgan fingerprint density at radius 3 is 2.62 bits per heavy atom. The van der Waals surface area contributed by atoms with E-state index in [-0.39, 0.29) is 31.1 Å². The summed E-state index contributed by atoms with van der Waals surface area (Å²) in [5.41, 5.74) is 5.54. The minimum absolute atomic E-state index is 0.00559. The zero-order valence-electron chi connectivity index (χ0n) is 18.2. The molecule has 2 amide bonds. The average Bonchev–Trinajstić information content (AvgIpc) is 2.81. The molecule has 0 radical (unpaired) electrons. The third-order valence-corrected chi connectivity index (χ3v) is 5.94. The SMILES string of the molecule is CC(NC(=O)COC(=O)COc1ccc2c(c1)CCC(=O)N2)c1ccc2c(c1)CCCC2. The molecule has 1 aliphatic heterocycles. The number of fused-ring (bicyclic) bond motifs is 2. The molecular weight excluding hydrogens is 408 g/mol. The summed E-state index contributed by atoms with van der Waals surface area (Å²) in [5, 5.41) is 5.67. The summed E-state index contributed by atoms with van der Waals surface area (Å²) in [6.07, 6.45) is 5.70. The van der Waals surface area contributed by atoms with Gasteiger partial charge in [0, 0.05) is 12.1 Å². The molecule has 2 aromatic rings. The second kappa shape index (κ2) is 9.85. The Labute approximate surface area is 187 Å².